The molecule has 22 heavy (non-hydrogen) atoms. The normalized spacial score (nSPS) is 10.3. The number of benzene rings is 1. The SMILES string of the molecule is CN(C)c1ccc(CCCNc2ncccc2[N+](=O)[O-])cc1. The predicted molar refractivity (Wildman–Crippen MR) is 88.5 cm³/mol. The van der Waals surface area contributed by atoms with Gasteiger partial charge >= 0.3 is 5.69 Å². The van der Waals surface area contributed by atoms with Crippen molar-refractivity contribution in [3.05, 3.63) is 58.3 Å². The first kappa shape index (κ1) is 15.8. The van der Waals surface area contributed by atoms with Crippen molar-refractivity contribution in [2.45, 2.75) is 12.8 Å². The van der Waals surface area contributed by atoms with Crippen LogP contribution in [-0.4, -0.2) is 30.5 Å². The van der Waals surface area contributed by atoms with Crippen LogP contribution in [0, 0.1) is 10.1 Å². The molecular weight excluding hydrogens is 280 g/mol. The van der Waals surface area contributed by atoms with Crippen LogP contribution in [0.4, 0.5) is 17.2 Å². The van der Waals surface area contributed by atoms with Crippen molar-refractivity contribution < 1.29 is 4.92 Å². The molecule has 2 rings (SSSR count). The summed E-state index contributed by atoms with van der Waals surface area (Å²) in [7, 11) is 4.03. The van der Waals surface area contributed by atoms with E-state index in [1.54, 1.807) is 12.3 Å². The van der Waals surface area contributed by atoms with Gasteiger partial charge in [-0.1, -0.05) is 12.1 Å². The molecular formula is C16H20N4O2. The summed E-state index contributed by atoms with van der Waals surface area (Å²) in [6, 6.07) is 11.4. The predicted octanol–water partition coefficient (Wildman–Crippen LogP) is 3.10. The van der Waals surface area contributed by atoms with E-state index < -0.39 is 4.92 Å². The summed E-state index contributed by atoms with van der Waals surface area (Å²) in [6.45, 7) is 0.646. The largest absolute Gasteiger partial charge is 0.378 e. The smallest absolute Gasteiger partial charge is 0.311 e. The second kappa shape index (κ2) is 7.40. The van der Waals surface area contributed by atoms with Gasteiger partial charge in [-0.3, -0.25) is 10.1 Å². The number of aromatic nitrogens is 1. The molecule has 0 aliphatic carbocycles. The summed E-state index contributed by atoms with van der Waals surface area (Å²) >= 11 is 0. The highest BCUT2D eigenvalue weighted by atomic mass is 16.6. The number of nitro groups is 1. The summed E-state index contributed by atoms with van der Waals surface area (Å²) in [6.07, 6.45) is 3.35. The minimum atomic E-state index is -0.421. The molecule has 0 saturated heterocycles. The highest BCUT2D eigenvalue weighted by Crippen LogP contribution is 2.20. The topological polar surface area (TPSA) is 71.3 Å². The third kappa shape index (κ3) is 4.18. The fraction of sp³-hybridized carbons (Fsp3) is 0.312. The Labute approximate surface area is 129 Å². The lowest BCUT2D eigenvalue weighted by molar-refractivity contribution is -0.384. The van der Waals surface area contributed by atoms with E-state index in [9.17, 15) is 10.1 Å². The van der Waals surface area contributed by atoms with E-state index in [4.69, 9.17) is 0 Å². The van der Waals surface area contributed by atoms with Gasteiger partial charge in [-0.25, -0.2) is 4.98 Å². The Morgan fingerprint density at radius 3 is 2.59 bits per heavy atom. The molecule has 6 nitrogen and oxygen atoms in total. The maximum atomic E-state index is 10.9. The van der Waals surface area contributed by atoms with Gasteiger partial charge in [-0.15, -0.1) is 0 Å². The molecule has 116 valence electrons. The van der Waals surface area contributed by atoms with Gasteiger partial charge in [0.25, 0.3) is 0 Å². The van der Waals surface area contributed by atoms with E-state index in [-0.39, 0.29) is 5.69 Å². The number of nitrogens with zero attached hydrogens (tertiary/aromatic N) is 3. The van der Waals surface area contributed by atoms with Crippen molar-refractivity contribution in [1.29, 1.82) is 0 Å². The summed E-state index contributed by atoms with van der Waals surface area (Å²) < 4.78 is 0. The Morgan fingerprint density at radius 2 is 1.95 bits per heavy atom. The standard InChI is InChI=1S/C16H20N4O2/c1-19(2)14-9-7-13(8-10-14)5-3-11-17-16-15(20(21)22)6-4-12-18-16/h4,6-10,12H,3,5,11H2,1-2H3,(H,17,18). The zero-order valence-electron chi connectivity index (χ0n) is 12.8. The van der Waals surface area contributed by atoms with Gasteiger partial charge in [-0.05, 0) is 36.6 Å². The molecule has 0 bridgehead atoms. The van der Waals surface area contributed by atoms with E-state index in [1.807, 2.05) is 14.1 Å². The number of aryl methyl sites for hydroxylation is 1. The molecule has 0 aliphatic heterocycles. The second-order valence-corrected chi connectivity index (χ2v) is 5.22. The van der Waals surface area contributed by atoms with Gasteiger partial charge in [-0.2, -0.15) is 0 Å². The van der Waals surface area contributed by atoms with Gasteiger partial charge in [0.1, 0.15) is 0 Å². The number of anilines is 2. The zero-order valence-corrected chi connectivity index (χ0v) is 12.8. The highest BCUT2D eigenvalue weighted by Gasteiger charge is 2.12. The molecule has 2 aromatic rings. The lowest BCUT2D eigenvalue weighted by atomic mass is 10.1. The van der Waals surface area contributed by atoms with Crippen LogP contribution in [-0.2, 0) is 6.42 Å². The fourth-order valence-electron chi connectivity index (χ4n) is 2.14. The van der Waals surface area contributed by atoms with Crippen LogP contribution in [0.25, 0.3) is 0 Å². The highest BCUT2D eigenvalue weighted by molar-refractivity contribution is 5.55. The Bertz CT molecular complexity index is 626. The average Bonchev–Trinajstić information content (AvgIpc) is 2.52. The van der Waals surface area contributed by atoms with Crippen molar-refractivity contribution in [2.75, 3.05) is 30.9 Å². The molecule has 1 N–H and O–H groups in total. The molecule has 0 amide bonds. The molecule has 6 heteroatoms. The Hall–Kier alpha value is -2.63. The van der Waals surface area contributed by atoms with E-state index in [0.29, 0.717) is 12.4 Å². The van der Waals surface area contributed by atoms with Gasteiger partial charge < -0.3 is 10.2 Å². The van der Waals surface area contributed by atoms with Crippen LogP contribution in [0.3, 0.4) is 0 Å². The monoisotopic (exact) mass is 300 g/mol. The molecule has 0 spiro atoms. The quantitative estimate of drug-likeness (QED) is 0.483. The van der Waals surface area contributed by atoms with Crippen LogP contribution < -0.4 is 10.2 Å². The first-order chi connectivity index (χ1) is 10.6. The number of nitrogens with one attached hydrogen (secondary N) is 1. The summed E-state index contributed by atoms with van der Waals surface area (Å²) in [5.41, 5.74) is 2.44. The minimum absolute atomic E-state index is 0.0119. The second-order valence-electron chi connectivity index (χ2n) is 5.22. The van der Waals surface area contributed by atoms with Crippen LogP contribution in [0.5, 0.6) is 0 Å². The Balaban J connectivity index is 1.83. The molecule has 1 aromatic heterocycles. The number of rotatable bonds is 7. The van der Waals surface area contributed by atoms with Crippen LogP contribution in [0.15, 0.2) is 42.6 Å². The lowest BCUT2D eigenvalue weighted by Gasteiger charge is -2.12. The third-order valence-corrected chi connectivity index (χ3v) is 3.37. The Morgan fingerprint density at radius 1 is 1.23 bits per heavy atom. The maximum absolute atomic E-state index is 10.9. The average molecular weight is 300 g/mol. The van der Waals surface area contributed by atoms with E-state index in [2.05, 4.69) is 39.5 Å². The summed E-state index contributed by atoms with van der Waals surface area (Å²) in [4.78, 5) is 16.5. The first-order valence-corrected chi connectivity index (χ1v) is 7.17. The van der Waals surface area contributed by atoms with E-state index in [0.717, 1.165) is 12.8 Å². The van der Waals surface area contributed by atoms with E-state index in [1.165, 1.54) is 17.3 Å². The lowest BCUT2D eigenvalue weighted by Crippen LogP contribution is -2.08. The molecule has 1 aromatic carbocycles. The van der Waals surface area contributed by atoms with Crippen molar-refractivity contribution >= 4 is 17.2 Å². The molecule has 0 fully saturated rings. The van der Waals surface area contributed by atoms with Gasteiger partial charge in [0.2, 0.25) is 5.82 Å². The van der Waals surface area contributed by atoms with Crippen molar-refractivity contribution in [3.8, 4) is 0 Å². The van der Waals surface area contributed by atoms with Gasteiger partial charge in [0, 0.05) is 38.6 Å². The molecule has 0 atom stereocenters. The zero-order chi connectivity index (χ0) is 15.9. The van der Waals surface area contributed by atoms with Gasteiger partial charge in [0.05, 0.1) is 4.92 Å². The van der Waals surface area contributed by atoms with Crippen LogP contribution in [0.1, 0.15) is 12.0 Å². The number of hydrogen-bond donors (Lipinski definition) is 1. The molecule has 1 heterocycles. The van der Waals surface area contributed by atoms with Crippen molar-refractivity contribution in [2.24, 2.45) is 0 Å². The number of pyridine rings is 1. The molecule has 0 aliphatic rings. The summed E-state index contributed by atoms with van der Waals surface area (Å²) in [5, 5.41) is 13.9. The first-order valence-electron chi connectivity index (χ1n) is 7.17. The maximum Gasteiger partial charge on any atom is 0.311 e. The van der Waals surface area contributed by atoms with Crippen molar-refractivity contribution in [1.82, 2.24) is 4.98 Å². The van der Waals surface area contributed by atoms with Crippen molar-refractivity contribution in [3.63, 3.8) is 0 Å². The fourth-order valence-corrected chi connectivity index (χ4v) is 2.14. The van der Waals surface area contributed by atoms with Crippen LogP contribution >= 0.6 is 0 Å². The molecule has 0 radical (unpaired) electrons. The van der Waals surface area contributed by atoms with Crippen LogP contribution in [0.2, 0.25) is 0 Å². The Kier molecular flexibility index (Phi) is 5.30. The third-order valence-electron chi connectivity index (χ3n) is 3.37. The number of hydrogen-bond acceptors (Lipinski definition) is 5. The van der Waals surface area contributed by atoms with Gasteiger partial charge in [0.15, 0.2) is 0 Å². The molecule has 0 saturated carbocycles. The van der Waals surface area contributed by atoms with E-state index >= 15 is 0 Å². The minimum Gasteiger partial charge on any atom is -0.378 e. The molecule has 0 unspecified atom stereocenters. The summed E-state index contributed by atoms with van der Waals surface area (Å²) in [5.74, 6) is 0.329.